The fourth-order valence-corrected chi connectivity index (χ4v) is 6.75. The maximum absolute atomic E-state index is 15.1. The van der Waals surface area contributed by atoms with Gasteiger partial charge in [0.15, 0.2) is 0 Å². The molecule has 0 aromatic heterocycles. The first-order valence-corrected chi connectivity index (χ1v) is 15.8. The first-order chi connectivity index (χ1) is 21.1. The third-order valence-electron chi connectivity index (χ3n) is 7.60. The Balaban J connectivity index is 1.55. The van der Waals surface area contributed by atoms with E-state index in [0.29, 0.717) is 31.1 Å². The molecule has 14 heteroatoms. The van der Waals surface area contributed by atoms with E-state index in [2.05, 4.69) is 20.1 Å². The van der Waals surface area contributed by atoms with Gasteiger partial charge < -0.3 is 15.2 Å². The van der Waals surface area contributed by atoms with E-state index in [4.69, 9.17) is 16.3 Å². The highest BCUT2D eigenvalue weighted by molar-refractivity contribution is 7.89. The smallest absolute Gasteiger partial charge is 0.240 e. The van der Waals surface area contributed by atoms with E-state index in [1.165, 1.54) is 18.2 Å². The lowest BCUT2D eigenvalue weighted by Gasteiger charge is -2.34. The van der Waals surface area contributed by atoms with Crippen LogP contribution in [0.2, 0.25) is 5.02 Å². The topological polar surface area (TPSA) is 153 Å². The molecule has 3 aromatic carbocycles. The van der Waals surface area contributed by atoms with Crippen LogP contribution in [0.4, 0.5) is 14.5 Å². The highest BCUT2D eigenvalue weighted by Gasteiger charge is 2.36. The second kappa shape index (κ2) is 15.4. The number of nitrogens with one attached hydrogen (secondary N) is 2. The predicted octanol–water partition coefficient (Wildman–Crippen LogP) is 5.72. The van der Waals surface area contributed by atoms with Gasteiger partial charge >= 0.3 is 0 Å². The molecule has 1 aliphatic rings. The average molecular weight is 648 g/mol. The maximum Gasteiger partial charge on any atom is 0.240 e. The highest BCUT2D eigenvalue weighted by atomic mass is 35.5. The summed E-state index contributed by atoms with van der Waals surface area (Å²) in [7, 11) is -4.10. The molecule has 3 N–H and O–H groups in total. The molecule has 1 fully saturated rings. The summed E-state index contributed by atoms with van der Waals surface area (Å²) < 4.78 is 61.7. The molecule has 44 heavy (non-hydrogen) atoms. The summed E-state index contributed by atoms with van der Waals surface area (Å²) in [6, 6.07) is 13.0. The Morgan fingerprint density at radius 1 is 1.09 bits per heavy atom. The number of halogens is 3. The van der Waals surface area contributed by atoms with Gasteiger partial charge in [-0.2, -0.15) is 0 Å². The number of carbonyl (C=O) groups is 1. The van der Waals surface area contributed by atoms with Crippen LogP contribution in [0.5, 0.6) is 0 Å². The number of sulfonamides is 1. The van der Waals surface area contributed by atoms with Crippen molar-refractivity contribution in [3.63, 3.8) is 0 Å². The predicted molar refractivity (Wildman–Crippen MR) is 162 cm³/mol. The zero-order valence-electron chi connectivity index (χ0n) is 23.6. The summed E-state index contributed by atoms with van der Waals surface area (Å²) in [6.45, 7) is 0.387. The van der Waals surface area contributed by atoms with Crippen LogP contribution in [0.25, 0.3) is 10.4 Å². The number of nitrogens with zero attached hydrogens (tertiary/aromatic N) is 3. The van der Waals surface area contributed by atoms with Crippen LogP contribution in [0.3, 0.4) is 0 Å². The molecule has 1 amide bonds. The summed E-state index contributed by atoms with van der Waals surface area (Å²) in [5, 5.41) is 17.0. The van der Waals surface area contributed by atoms with E-state index in [0.717, 1.165) is 29.8 Å². The maximum atomic E-state index is 15.1. The van der Waals surface area contributed by atoms with Gasteiger partial charge in [-0.25, -0.2) is 21.9 Å². The molecule has 0 spiro atoms. The summed E-state index contributed by atoms with van der Waals surface area (Å²) in [4.78, 5) is 16.5. The number of carbonyl (C=O) groups excluding carboxylic acids is 1. The molecule has 1 saturated heterocycles. The molecular weight excluding hydrogens is 616 g/mol. The van der Waals surface area contributed by atoms with Gasteiger partial charge in [-0.05, 0) is 91.2 Å². The largest absolute Gasteiger partial charge is 0.395 e. The normalized spacial score (nSPS) is 16.0. The molecule has 10 nitrogen and oxygen atoms in total. The summed E-state index contributed by atoms with van der Waals surface area (Å²) in [6.07, 6.45) is 1.18. The Morgan fingerprint density at radius 2 is 1.77 bits per heavy atom. The number of hydrogen-bond donors (Lipinski definition) is 3. The Hall–Kier alpha value is -3.58. The Morgan fingerprint density at radius 3 is 2.41 bits per heavy atom. The molecular formula is C30H32ClF2N5O5S. The van der Waals surface area contributed by atoms with Crippen LogP contribution in [0.15, 0.2) is 76.7 Å². The van der Waals surface area contributed by atoms with Crippen molar-refractivity contribution in [2.75, 3.05) is 25.1 Å². The number of aliphatic hydroxyl groups is 1. The monoisotopic (exact) mass is 647 g/mol. The zero-order valence-corrected chi connectivity index (χ0v) is 25.1. The van der Waals surface area contributed by atoms with Crippen molar-refractivity contribution < 1.29 is 31.8 Å². The number of azide groups is 1. The van der Waals surface area contributed by atoms with E-state index >= 15 is 4.39 Å². The molecule has 0 saturated carbocycles. The Kier molecular flexibility index (Phi) is 11.7. The number of benzene rings is 3. The number of hydrogen-bond acceptors (Lipinski definition) is 6. The number of amides is 1. The minimum Gasteiger partial charge on any atom is -0.395 e. The molecule has 0 aliphatic carbocycles. The third kappa shape index (κ3) is 8.53. The highest BCUT2D eigenvalue weighted by Crippen LogP contribution is 2.37. The number of rotatable bonds is 13. The third-order valence-corrected chi connectivity index (χ3v) is 9.39. The van der Waals surface area contributed by atoms with Gasteiger partial charge in [0.05, 0.1) is 11.5 Å². The molecule has 0 bridgehead atoms. The van der Waals surface area contributed by atoms with Gasteiger partial charge in [-0.15, -0.1) is 0 Å². The van der Waals surface area contributed by atoms with Gasteiger partial charge in [0.2, 0.25) is 15.9 Å². The van der Waals surface area contributed by atoms with E-state index in [1.807, 2.05) is 0 Å². The quantitative estimate of drug-likeness (QED) is 0.123. The number of ether oxygens (including phenoxy) is 1. The van der Waals surface area contributed by atoms with Crippen LogP contribution in [0, 0.1) is 17.6 Å². The lowest BCUT2D eigenvalue weighted by atomic mass is 9.76. The van der Waals surface area contributed by atoms with Crippen LogP contribution in [-0.2, 0) is 26.0 Å². The van der Waals surface area contributed by atoms with Gasteiger partial charge in [-0.1, -0.05) is 34.9 Å². The van der Waals surface area contributed by atoms with Crippen LogP contribution >= 0.6 is 11.6 Å². The van der Waals surface area contributed by atoms with Crippen LogP contribution in [-0.4, -0.2) is 51.3 Å². The number of anilines is 1. The SMILES string of the molecule is [N-]=[N+]=N[C@H](C(=O)Nc1cccc(F)c1CC[C@@H](CO)NS(=O)(=O)c1ccc(F)cc1)[C@@H](c1ccc(Cl)cc1)C1CCOCC1. The second-order valence-electron chi connectivity index (χ2n) is 10.4. The van der Waals surface area contributed by atoms with Gasteiger partial charge in [0.25, 0.3) is 0 Å². The molecule has 3 aromatic rings. The van der Waals surface area contributed by atoms with Gasteiger partial charge in [0, 0.05) is 46.4 Å². The fraction of sp³-hybridized carbons (Fsp3) is 0.367. The first-order valence-electron chi connectivity index (χ1n) is 14.0. The van der Waals surface area contributed by atoms with Crippen LogP contribution in [0.1, 0.15) is 36.3 Å². The fourth-order valence-electron chi connectivity index (χ4n) is 5.36. The molecule has 1 aliphatic heterocycles. The Bertz CT molecular complexity index is 1580. The average Bonchev–Trinajstić information content (AvgIpc) is 3.01. The van der Waals surface area contributed by atoms with Crippen molar-refractivity contribution in [2.45, 2.75) is 48.6 Å². The second-order valence-corrected chi connectivity index (χ2v) is 12.6. The Labute approximate surface area is 259 Å². The van der Waals surface area contributed by atoms with E-state index in [9.17, 15) is 28.2 Å². The molecule has 4 rings (SSSR count). The molecule has 0 radical (unpaired) electrons. The van der Waals surface area contributed by atoms with Crippen molar-refractivity contribution in [2.24, 2.45) is 11.0 Å². The van der Waals surface area contributed by atoms with Crippen molar-refractivity contribution in [3.8, 4) is 0 Å². The minimum atomic E-state index is -4.10. The van der Waals surface area contributed by atoms with Crippen molar-refractivity contribution in [1.82, 2.24) is 4.72 Å². The molecule has 1 heterocycles. The van der Waals surface area contributed by atoms with Crippen molar-refractivity contribution >= 4 is 33.2 Å². The van der Waals surface area contributed by atoms with Gasteiger partial charge in [0.1, 0.15) is 17.7 Å². The summed E-state index contributed by atoms with van der Waals surface area (Å²) in [5.41, 5.74) is 10.4. The summed E-state index contributed by atoms with van der Waals surface area (Å²) in [5.74, 6) is -2.45. The molecule has 3 atom stereocenters. The van der Waals surface area contributed by atoms with E-state index in [1.54, 1.807) is 24.3 Å². The van der Waals surface area contributed by atoms with E-state index < -0.39 is 52.2 Å². The van der Waals surface area contributed by atoms with Gasteiger partial charge in [-0.3, -0.25) is 4.79 Å². The minimum absolute atomic E-state index is 0.0318. The van der Waals surface area contributed by atoms with Crippen molar-refractivity contribution in [1.29, 1.82) is 0 Å². The zero-order chi connectivity index (χ0) is 31.7. The number of aliphatic hydroxyl groups excluding tert-OH is 1. The first kappa shape index (κ1) is 33.3. The van der Waals surface area contributed by atoms with Crippen LogP contribution < -0.4 is 10.0 Å². The standard InChI is InChI=1S/C30H32ClF2N5O5S/c31-21-6-4-19(5-7-21)28(20-14-16-43-17-15-20)29(36-38-34)30(40)35-27-3-1-2-26(33)25(27)13-10-23(18-39)37-44(41,42)24-11-8-22(32)9-12-24/h1-9,11-12,20,23,28-29,37,39H,10,13-18H2,(H,35,40)/t23-,28-,29-/m0/s1. The van der Waals surface area contributed by atoms with E-state index in [-0.39, 0.29) is 34.9 Å². The van der Waals surface area contributed by atoms with Crippen molar-refractivity contribution in [3.05, 3.63) is 105 Å². The molecule has 0 unspecified atom stereocenters. The molecule has 234 valence electrons. The lowest BCUT2D eigenvalue weighted by Crippen LogP contribution is -2.38. The summed E-state index contributed by atoms with van der Waals surface area (Å²) >= 11 is 6.10. The lowest BCUT2D eigenvalue weighted by molar-refractivity contribution is -0.118.